The summed E-state index contributed by atoms with van der Waals surface area (Å²) in [5.74, 6) is 1.68. The van der Waals surface area contributed by atoms with Gasteiger partial charge in [0.25, 0.3) is 0 Å². The second-order valence-electron chi connectivity index (χ2n) is 8.45. The molecule has 7 heteroatoms. The molecular weight excluding hydrogens is 444 g/mol. The zero-order valence-electron chi connectivity index (χ0n) is 19.2. The van der Waals surface area contributed by atoms with E-state index in [9.17, 15) is 4.79 Å². The van der Waals surface area contributed by atoms with Crippen molar-refractivity contribution in [3.05, 3.63) is 100 Å². The molecule has 0 N–H and O–H groups in total. The fourth-order valence-corrected chi connectivity index (χ4v) is 5.08. The highest BCUT2D eigenvalue weighted by atomic mass is 32.2. The van der Waals surface area contributed by atoms with Gasteiger partial charge in [-0.15, -0.1) is 10.2 Å². The molecule has 0 aliphatic rings. The largest absolute Gasteiger partial charge is 0.423 e. The van der Waals surface area contributed by atoms with Crippen molar-refractivity contribution in [3.63, 3.8) is 0 Å². The topological polar surface area (TPSA) is 73.8 Å². The maximum Gasteiger partial charge on any atom is 0.336 e. The van der Waals surface area contributed by atoms with Crippen molar-refractivity contribution in [2.75, 3.05) is 0 Å². The Morgan fingerprint density at radius 2 is 1.76 bits per heavy atom. The van der Waals surface area contributed by atoms with Crippen molar-refractivity contribution in [2.45, 2.75) is 37.6 Å². The minimum absolute atomic E-state index is 0.346. The summed E-state index contributed by atoms with van der Waals surface area (Å²) in [7, 11) is 0. The van der Waals surface area contributed by atoms with E-state index in [-0.39, 0.29) is 5.63 Å². The lowest BCUT2D eigenvalue weighted by Gasteiger charge is -2.13. The summed E-state index contributed by atoms with van der Waals surface area (Å²) in [6.45, 7) is 6.40. The summed E-state index contributed by atoms with van der Waals surface area (Å²) < 4.78 is 7.56. The average Bonchev–Trinajstić information content (AvgIpc) is 3.27. The van der Waals surface area contributed by atoms with Gasteiger partial charge in [0.1, 0.15) is 5.58 Å². The number of benzene rings is 2. The van der Waals surface area contributed by atoms with E-state index in [1.165, 1.54) is 5.56 Å². The lowest BCUT2D eigenvalue weighted by Crippen LogP contribution is -2.03. The molecule has 34 heavy (non-hydrogen) atoms. The summed E-state index contributed by atoms with van der Waals surface area (Å²) in [5.41, 5.74) is 5.47. The van der Waals surface area contributed by atoms with Crippen molar-refractivity contribution >= 4 is 22.7 Å². The zero-order valence-corrected chi connectivity index (χ0v) is 20.0. The first-order chi connectivity index (χ1) is 16.5. The number of rotatable bonds is 6. The predicted octanol–water partition coefficient (Wildman–Crippen LogP) is 6.16. The van der Waals surface area contributed by atoms with Crippen LogP contribution in [0.5, 0.6) is 0 Å². The maximum absolute atomic E-state index is 12.3. The van der Waals surface area contributed by atoms with Crippen molar-refractivity contribution < 1.29 is 4.42 Å². The van der Waals surface area contributed by atoms with Gasteiger partial charge in [-0.2, -0.15) is 0 Å². The Bertz CT molecular complexity index is 1510. The molecule has 0 aliphatic heterocycles. The molecule has 6 nitrogen and oxygen atoms in total. The first-order valence-electron chi connectivity index (χ1n) is 11.1. The number of aryl methyl sites for hydroxylation is 1. The second-order valence-corrected chi connectivity index (χ2v) is 9.39. The standard InChI is InChI=1S/C27H24N4O2S/c1-17(2)22-15-23-20(14-25(32)33-24(23)13-18(22)3)16-34-27-30-29-26(19-9-11-28-12-10-19)31(27)21-7-5-4-6-8-21/h4-15,17H,16H2,1-3H3. The molecule has 5 rings (SSSR count). The minimum Gasteiger partial charge on any atom is -0.423 e. The van der Waals surface area contributed by atoms with Crippen LogP contribution in [-0.4, -0.2) is 19.7 Å². The highest BCUT2D eigenvalue weighted by molar-refractivity contribution is 7.98. The first-order valence-corrected chi connectivity index (χ1v) is 12.1. The molecule has 0 radical (unpaired) electrons. The third-order valence-electron chi connectivity index (χ3n) is 5.78. The van der Waals surface area contributed by atoms with Crippen LogP contribution in [0.2, 0.25) is 0 Å². The summed E-state index contributed by atoms with van der Waals surface area (Å²) in [6, 6.07) is 19.6. The molecule has 5 aromatic rings. The van der Waals surface area contributed by atoms with Crippen molar-refractivity contribution in [1.82, 2.24) is 19.7 Å². The molecule has 0 spiro atoms. The van der Waals surface area contributed by atoms with Gasteiger partial charge in [0.05, 0.1) is 0 Å². The van der Waals surface area contributed by atoms with Crippen molar-refractivity contribution in [1.29, 1.82) is 0 Å². The molecule has 0 aliphatic carbocycles. The van der Waals surface area contributed by atoms with Gasteiger partial charge in [0.15, 0.2) is 11.0 Å². The van der Waals surface area contributed by atoms with Gasteiger partial charge in [0.2, 0.25) is 0 Å². The van der Waals surface area contributed by atoms with E-state index in [2.05, 4.69) is 42.0 Å². The van der Waals surface area contributed by atoms with Gasteiger partial charge in [0, 0.05) is 40.8 Å². The molecule has 0 bridgehead atoms. The van der Waals surface area contributed by atoms with E-state index in [0.29, 0.717) is 17.3 Å². The van der Waals surface area contributed by atoms with Gasteiger partial charge in [-0.3, -0.25) is 9.55 Å². The molecule has 0 saturated carbocycles. The number of pyridine rings is 1. The van der Waals surface area contributed by atoms with E-state index in [1.54, 1.807) is 30.2 Å². The molecule has 3 aromatic heterocycles. The molecule has 0 atom stereocenters. The van der Waals surface area contributed by atoms with Crippen molar-refractivity contribution in [2.24, 2.45) is 0 Å². The van der Waals surface area contributed by atoms with Gasteiger partial charge in [-0.1, -0.05) is 43.8 Å². The Labute approximate surface area is 201 Å². The third kappa shape index (κ3) is 4.26. The number of para-hydroxylation sites is 1. The van der Waals surface area contributed by atoms with E-state index in [1.807, 2.05) is 53.1 Å². The fraction of sp³-hybridized carbons (Fsp3) is 0.185. The van der Waals surface area contributed by atoms with Crippen LogP contribution in [0.4, 0.5) is 0 Å². The van der Waals surface area contributed by atoms with Crippen LogP contribution in [0.3, 0.4) is 0 Å². The monoisotopic (exact) mass is 468 g/mol. The van der Waals surface area contributed by atoms with E-state index < -0.39 is 0 Å². The van der Waals surface area contributed by atoms with Crippen LogP contribution >= 0.6 is 11.8 Å². The number of fused-ring (bicyclic) bond motifs is 1. The number of aromatic nitrogens is 4. The predicted molar refractivity (Wildman–Crippen MR) is 135 cm³/mol. The number of nitrogens with zero attached hydrogens (tertiary/aromatic N) is 4. The smallest absolute Gasteiger partial charge is 0.336 e. The Morgan fingerprint density at radius 3 is 2.50 bits per heavy atom. The third-order valence-corrected chi connectivity index (χ3v) is 6.76. The van der Waals surface area contributed by atoms with Crippen LogP contribution in [-0.2, 0) is 5.75 Å². The summed E-state index contributed by atoms with van der Waals surface area (Å²) >= 11 is 1.55. The van der Waals surface area contributed by atoms with Gasteiger partial charge >= 0.3 is 5.63 Å². The normalized spacial score (nSPS) is 11.4. The van der Waals surface area contributed by atoms with Gasteiger partial charge in [-0.25, -0.2) is 4.79 Å². The minimum atomic E-state index is -0.346. The maximum atomic E-state index is 12.3. The van der Waals surface area contributed by atoms with Gasteiger partial charge in [-0.05, 0) is 65.9 Å². The van der Waals surface area contributed by atoms with Crippen LogP contribution in [0.1, 0.15) is 36.5 Å². The number of thioether (sulfide) groups is 1. The molecule has 2 aromatic carbocycles. The average molecular weight is 469 g/mol. The Kier molecular flexibility index (Phi) is 6.02. The molecule has 0 amide bonds. The highest BCUT2D eigenvalue weighted by Gasteiger charge is 2.18. The van der Waals surface area contributed by atoms with Gasteiger partial charge < -0.3 is 4.42 Å². The second kappa shape index (κ2) is 9.27. The molecular formula is C27H24N4O2S. The van der Waals surface area contributed by atoms with Crippen LogP contribution in [0.25, 0.3) is 28.0 Å². The Morgan fingerprint density at radius 1 is 1.00 bits per heavy atom. The van der Waals surface area contributed by atoms with Crippen LogP contribution < -0.4 is 5.63 Å². The summed E-state index contributed by atoms with van der Waals surface area (Å²) in [5, 5.41) is 10.7. The quantitative estimate of drug-likeness (QED) is 0.219. The zero-order chi connectivity index (χ0) is 23.7. The molecule has 0 unspecified atom stereocenters. The van der Waals surface area contributed by atoms with E-state index >= 15 is 0 Å². The lowest BCUT2D eigenvalue weighted by molar-refractivity contribution is 0.559. The van der Waals surface area contributed by atoms with E-state index in [0.717, 1.165) is 38.7 Å². The molecule has 0 saturated heterocycles. The Hall–Kier alpha value is -3.71. The van der Waals surface area contributed by atoms with E-state index in [4.69, 9.17) is 4.42 Å². The molecule has 0 fully saturated rings. The lowest BCUT2D eigenvalue weighted by atomic mass is 9.95. The van der Waals surface area contributed by atoms with Crippen LogP contribution in [0.15, 0.2) is 87.4 Å². The van der Waals surface area contributed by atoms with Crippen molar-refractivity contribution in [3.8, 4) is 17.1 Å². The van der Waals surface area contributed by atoms with Crippen LogP contribution in [0, 0.1) is 6.92 Å². The summed E-state index contributed by atoms with van der Waals surface area (Å²) in [4.78, 5) is 16.4. The summed E-state index contributed by atoms with van der Waals surface area (Å²) in [6.07, 6.45) is 3.49. The first kappa shape index (κ1) is 22.1. The highest BCUT2D eigenvalue weighted by Crippen LogP contribution is 2.32. The number of hydrogen-bond donors (Lipinski definition) is 0. The molecule has 3 heterocycles. The number of hydrogen-bond acceptors (Lipinski definition) is 6. The fourth-order valence-electron chi connectivity index (χ4n) is 4.14. The molecule has 170 valence electrons. The SMILES string of the molecule is Cc1cc2oc(=O)cc(CSc3nnc(-c4ccncc4)n3-c3ccccc3)c2cc1C(C)C. The Balaban J connectivity index is 1.57.